The molecule has 0 aliphatic heterocycles. The highest BCUT2D eigenvalue weighted by Gasteiger charge is 2.14. The first-order valence-corrected chi connectivity index (χ1v) is 10.4. The lowest BCUT2D eigenvalue weighted by molar-refractivity contribution is -0.112. The van der Waals surface area contributed by atoms with Crippen molar-refractivity contribution in [2.24, 2.45) is 0 Å². The molecule has 0 saturated heterocycles. The van der Waals surface area contributed by atoms with E-state index in [-0.39, 0.29) is 23.0 Å². The summed E-state index contributed by atoms with van der Waals surface area (Å²) in [7, 11) is 5.73. The quantitative estimate of drug-likeness (QED) is 0.421. The molecule has 0 fully saturated rings. The van der Waals surface area contributed by atoms with E-state index in [1.54, 1.807) is 0 Å². The van der Waals surface area contributed by atoms with Gasteiger partial charge in [0, 0.05) is 30.3 Å². The summed E-state index contributed by atoms with van der Waals surface area (Å²) >= 11 is -1.61. The minimum Gasteiger partial charge on any atom is -0.612 e. The van der Waals surface area contributed by atoms with Gasteiger partial charge < -0.3 is 33.7 Å². The standard InChI is InChI=1S/C22H24O8S/c1-27-19-9-15(24)10-20(28-2)17(19)6-5-14(23)13-31(26)8-7-18-21(29-3)11-16(25)12-22(18)30-4/h5-12,24-25H,13H2,1-4H3/b6-5+,8-7?. The van der Waals surface area contributed by atoms with Gasteiger partial charge in [0.25, 0.3) is 0 Å². The molecule has 1 unspecified atom stereocenters. The van der Waals surface area contributed by atoms with E-state index >= 15 is 0 Å². The number of benzene rings is 2. The number of methoxy groups -OCH3 is 4. The van der Waals surface area contributed by atoms with E-state index < -0.39 is 11.2 Å². The molecule has 31 heavy (non-hydrogen) atoms. The largest absolute Gasteiger partial charge is 0.612 e. The molecule has 9 heteroatoms. The van der Waals surface area contributed by atoms with Crippen LogP contribution in [0.15, 0.2) is 35.7 Å². The molecule has 8 nitrogen and oxygen atoms in total. The van der Waals surface area contributed by atoms with Crippen LogP contribution >= 0.6 is 0 Å². The maximum atomic E-state index is 12.4. The lowest BCUT2D eigenvalue weighted by atomic mass is 10.1. The lowest BCUT2D eigenvalue weighted by Crippen LogP contribution is -2.11. The molecule has 2 N–H and O–H groups in total. The number of carbonyl (C=O) groups excluding carboxylic acids is 1. The molecular weight excluding hydrogens is 424 g/mol. The second kappa shape index (κ2) is 11.2. The third kappa shape index (κ3) is 6.34. The van der Waals surface area contributed by atoms with Gasteiger partial charge in [-0.2, -0.15) is 0 Å². The molecule has 2 rings (SSSR count). The van der Waals surface area contributed by atoms with Gasteiger partial charge >= 0.3 is 0 Å². The van der Waals surface area contributed by atoms with Crippen LogP contribution in [0.5, 0.6) is 34.5 Å². The van der Waals surface area contributed by atoms with Crippen LogP contribution in [-0.4, -0.2) is 54.7 Å². The van der Waals surface area contributed by atoms with Crippen molar-refractivity contribution in [3.63, 3.8) is 0 Å². The Morgan fingerprint density at radius 3 is 1.61 bits per heavy atom. The summed E-state index contributed by atoms with van der Waals surface area (Å²) in [5.74, 6) is 0.617. The van der Waals surface area contributed by atoms with E-state index in [1.165, 1.54) is 76.3 Å². The molecule has 0 heterocycles. The van der Waals surface area contributed by atoms with Gasteiger partial charge in [0.2, 0.25) is 5.78 Å². The molecule has 1 atom stereocenters. The summed E-state index contributed by atoms with van der Waals surface area (Å²) in [6.07, 6.45) is 4.26. The average molecular weight is 448 g/mol. The predicted octanol–water partition coefficient (Wildman–Crippen LogP) is 3.13. The molecular formula is C22H24O8S. The number of phenols is 2. The number of carbonyl (C=O) groups is 1. The van der Waals surface area contributed by atoms with Gasteiger partial charge in [-0.05, 0) is 23.3 Å². The van der Waals surface area contributed by atoms with E-state index in [2.05, 4.69) is 0 Å². The summed E-state index contributed by atoms with van der Waals surface area (Å²) in [6.45, 7) is 0. The van der Waals surface area contributed by atoms with Crippen LogP contribution in [0.25, 0.3) is 12.2 Å². The van der Waals surface area contributed by atoms with Crippen molar-refractivity contribution >= 4 is 29.1 Å². The van der Waals surface area contributed by atoms with Crippen molar-refractivity contribution in [2.75, 3.05) is 34.2 Å². The number of ether oxygens (including phenoxy) is 4. The van der Waals surface area contributed by atoms with Crippen LogP contribution in [0, 0.1) is 0 Å². The molecule has 166 valence electrons. The van der Waals surface area contributed by atoms with E-state index in [0.717, 1.165) is 0 Å². The van der Waals surface area contributed by atoms with Crippen molar-refractivity contribution in [1.29, 1.82) is 0 Å². The monoisotopic (exact) mass is 448 g/mol. The Morgan fingerprint density at radius 2 is 1.23 bits per heavy atom. The van der Waals surface area contributed by atoms with Crippen molar-refractivity contribution in [3.05, 3.63) is 46.9 Å². The van der Waals surface area contributed by atoms with Crippen LogP contribution in [0.3, 0.4) is 0 Å². The fourth-order valence-corrected chi connectivity index (χ4v) is 3.50. The van der Waals surface area contributed by atoms with Gasteiger partial charge in [-0.25, -0.2) is 0 Å². The first kappa shape index (κ1) is 24.0. The first-order chi connectivity index (χ1) is 14.8. The third-order valence-corrected chi connectivity index (χ3v) is 5.17. The molecule has 0 aliphatic rings. The lowest BCUT2D eigenvalue weighted by Gasteiger charge is -2.11. The highest BCUT2D eigenvalue weighted by molar-refractivity contribution is 7.95. The fourth-order valence-electron chi connectivity index (χ4n) is 2.74. The van der Waals surface area contributed by atoms with Gasteiger partial charge in [-0.15, -0.1) is 0 Å². The zero-order chi connectivity index (χ0) is 23.0. The summed E-state index contributed by atoms with van der Waals surface area (Å²) in [5.41, 5.74) is 0.953. The van der Waals surface area contributed by atoms with Gasteiger partial charge in [-0.3, -0.25) is 4.79 Å². The van der Waals surface area contributed by atoms with Gasteiger partial charge in [0.15, 0.2) is 5.75 Å². The Hall–Kier alpha value is -3.30. The van der Waals surface area contributed by atoms with E-state index in [0.29, 0.717) is 34.1 Å². The summed E-state index contributed by atoms with van der Waals surface area (Å²) in [6, 6.07) is 5.59. The Balaban J connectivity index is 2.14. The van der Waals surface area contributed by atoms with Crippen molar-refractivity contribution in [3.8, 4) is 34.5 Å². The highest BCUT2D eigenvalue weighted by atomic mass is 32.2. The molecule has 2 aromatic carbocycles. The van der Waals surface area contributed by atoms with Crippen LogP contribution in [0.1, 0.15) is 11.1 Å². The number of ketones is 1. The molecule has 0 saturated carbocycles. The Morgan fingerprint density at radius 1 is 0.839 bits per heavy atom. The van der Waals surface area contributed by atoms with E-state index in [1.807, 2.05) is 0 Å². The number of aromatic hydroxyl groups is 2. The Labute approximate surface area is 183 Å². The molecule has 0 amide bonds. The zero-order valence-electron chi connectivity index (χ0n) is 17.6. The third-order valence-electron chi connectivity index (χ3n) is 4.16. The summed E-state index contributed by atoms with van der Waals surface area (Å²) in [5, 5.41) is 20.7. The van der Waals surface area contributed by atoms with Gasteiger partial charge in [0.1, 0.15) is 39.9 Å². The number of rotatable bonds is 10. The van der Waals surface area contributed by atoms with Gasteiger partial charge in [0.05, 0.1) is 39.6 Å². The molecule has 0 radical (unpaired) electrons. The minimum atomic E-state index is -1.61. The maximum Gasteiger partial charge on any atom is 0.205 e. The molecule has 0 aromatic heterocycles. The van der Waals surface area contributed by atoms with Crippen LogP contribution in [-0.2, 0) is 16.0 Å². The zero-order valence-corrected chi connectivity index (χ0v) is 18.4. The second-order valence-corrected chi connectivity index (χ2v) is 7.48. The number of hydrogen-bond donors (Lipinski definition) is 2. The van der Waals surface area contributed by atoms with Crippen LogP contribution in [0.4, 0.5) is 0 Å². The second-order valence-electron chi connectivity index (χ2n) is 6.16. The average Bonchev–Trinajstić information content (AvgIpc) is 2.75. The smallest absolute Gasteiger partial charge is 0.205 e. The molecule has 0 bridgehead atoms. The number of hydrogen-bond acceptors (Lipinski definition) is 8. The van der Waals surface area contributed by atoms with E-state index in [9.17, 15) is 19.6 Å². The van der Waals surface area contributed by atoms with Gasteiger partial charge in [-0.1, -0.05) is 0 Å². The summed E-state index contributed by atoms with van der Waals surface area (Å²) in [4.78, 5) is 12.3. The van der Waals surface area contributed by atoms with Crippen molar-refractivity contribution in [1.82, 2.24) is 0 Å². The molecule has 0 aliphatic carbocycles. The van der Waals surface area contributed by atoms with Crippen LogP contribution in [0.2, 0.25) is 0 Å². The minimum absolute atomic E-state index is 0.0348. The molecule has 0 spiro atoms. The molecule has 2 aromatic rings. The normalized spacial score (nSPS) is 12.2. The van der Waals surface area contributed by atoms with Crippen LogP contribution < -0.4 is 18.9 Å². The predicted molar refractivity (Wildman–Crippen MR) is 119 cm³/mol. The Kier molecular flexibility index (Phi) is 8.65. The Bertz CT molecular complexity index is 933. The number of phenolic OH excluding ortho intramolecular Hbond substituents is 2. The topological polar surface area (TPSA) is 118 Å². The summed E-state index contributed by atoms with van der Waals surface area (Å²) < 4.78 is 33.2. The highest BCUT2D eigenvalue weighted by Crippen LogP contribution is 2.35. The van der Waals surface area contributed by atoms with Crippen molar-refractivity contribution in [2.45, 2.75) is 0 Å². The fraction of sp³-hybridized carbons (Fsp3) is 0.227. The van der Waals surface area contributed by atoms with Crippen molar-refractivity contribution < 1.29 is 38.5 Å². The number of allylic oxidation sites excluding steroid dienone is 1. The SMILES string of the molecule is COc1cc(O)cc(OC)c1C=C[S+]([O-])CC(=O)/C=C/c1c(OC)cc(O)cc1OC. The maximum absolute atomic E-state index is 12.4. The first-order valence-electron chi connectivity index (χ1n) is 8.99. The van der Waals surface area contributed by atoms with E-state index in [4.69, 9.17) is 18.9 Å².